The molecule has 29 heavy (non-hydrogen) atoms. The third kappa shape index (κ3) is 4.33. The molecule has 0 spiro atoms. The van der Waals surface area contributed by atoms with Crippen LogP contribution in [0.1, 0.15) is 36.3 Å². The molecule has 0 bridgehead atoms. The molecule has 2 N–H and O–H groups in total. The quantitative estimate of drug-likeness (QED) is 0.611. The Morgan fingerprint density at radius 2 is 1.93 bits per heavy atom. The second kappa shape index (κ2) is 7.50. The first-order valence-electron chi connectivity index (χ1n) is 10.4. The molecule has 2 heterocycles. The zero-order valence-electron chi connectivity index (χ0n) is 16.5. The van der Waals surface area contributed by atoms with Crippen molar-refractivity contribution in [2.24, 2.45) is 5.92 Å². The summed E-state index contributed by atoms with van der Waals surface area (Å²) in [6, 6.07) is 16.4. The molecular weight excluding hydrogens is 382 g/mol. The molecule has 2 fully saturated rings. The van der Waals surface area contributed by atoms with Crippen molar-refractivity contribution in [3.8, 4) is 0 Å². The number of aromatic nitrogens is 1. The average molecular weight is 410 g/mol. The molecule has 5 nitrogen and oxygen atoms in total. The van der Waals surface area contributed by atoms with E-state index in [4.69, 9.17) is 0 Å². The van der Waals surface area contributed by atoms with E-state index in [2.05, 4.69) is 51.1 Å². The molecule has 1 aromatic heterocycles. The minimum Gasteiger partial charge on any atom is -0.361 e. The molecule has 6 heteroatoms. The van der Waals surface area contributed by atoms with E-state index in [0.717, 1.165) is 38.9 Å². The van der Waals surface area contributed by atoms with Crippen molar-refractivity contribution in [2.45, 2.75) is 31.7 Å². The highest BCUT2D eigenvalue weighted by atomic mass is 32.2. The summed E-state index contributed by atoms with van der Waals surface area (Å²) in [5.74, 6) is 1.04. The maximum absolute atomic E-state index is 12.3. The maximum Gasteiger partial charge on any atom is 0.232 e. The van der Waals surface area contributed by atoms with Gasteiger partial charge in [-0.15, -0.1) is 0 Å². The lowest BCUT2D eigenvalue weighted by molar-refractivity contribution is 0.328. The predicted molar refractivity (Wildman–Crippen MR) is 118 cm³/mol. The van der Waals surface area contributed by atoms with Gasteiger partial charge >= 0.3 is 0 Å². The Kier molecular flexibility index (Phi) is 4.84. The summed E-state index contributed by atoms with van der Waals surface area (Å²) in [4.78, 5) is 5.85. The van der Waals surface area contributed by atoms with Crippen molar-refractivity contribution in [1.82, 2.24) is 9.88 Å². The fraction of sp³-hybridized carbons (Fsp3) is 0.391. The van der Waals surface area contributed by atoms with Gasteiger partial charge in [0.15, 0.2) is 0 Å². The average Bonchev–Trinajstić information content (AvgIpc) is 3.23. The van der Waals surface area contributed by atoms with Crippen LogP contribution in [0.3, 0.4) is 0 Å². The molecule has 1 saturated carbocycles. The van der Waals surface area contributed by atoms with Gasteiger partial charge in [-0.2, -0.15) is 0 Å². The van der Waals surface area contributed by atoms with Crippen molar-refractivity contribution >= 4 is 26.6 Å². The van der Waals surface area contributed by atoms with E-state index in [9.17, 15) is 8.42 Å². The van der Waals surface area contributed by atoms with Crippen molar-refractivity contribution in [2.75, 3.05) is 23.6 Å². The van der Waals surface area contributed by atoms with Gasteiger partial charge in [-0.05, 0) is 67.0 Å². The molecule has 1 aliphatic carbocycles. The van der Waals surface area contributed by atoms with Gasteiger partial charge in [-0.1, -0.05) is 30.3 Å². The number of H-pyrrole nitrogens is 1. The lowest BCUT2D eigenvalue weighted by Gasteiger charge is -2.16. The number of fused-ring (bicyclic) bond motifs is 1. The van der Waals surface area contributed by atoms with Gasteiger partial charge in [-0.3, -0.25) is 9.62 Å². The van der Waals surface area contributed by atoms with Gasteiger partial charge < -0.3 is 4.98 Å². The summed E-state index contributed by atoms with van der Waals surface area (Å²) in [7, 11) is -3.24. The third-order valence-electron chi connectivity index (χ3n) is 6.12. The zero-order valence-corrected chi connectivity index (χ0v) is 17.3. The smallest absolute Gasteiger partial charge is 0.232 e. The number of aromatic amines is 1. The highest BCUT2D eigenvalue weighted by Crippen LogP contribution is 2.32. The van der Waals surface area contributed by atoms with Crippen LogP contribution >= 0.6 is 0 Å². The second-order valence-corrected chi connectivity index (χ2v) is 10.3. The number of hydrogen-bond donors (Lipinski definition) is 2. The van der Waals surface area contributed by atoms with E-state index >= 15 is 0 Å². The fourth-order valence-electron chi connectivity index (χ4n) is 4.42. The second-order valence-electron chi connectivity index (χ2n) is 8.53. The number of nitrogens with one attached hydrogen (secondary N) is 2. The Bertz CT molecular complexity index is 1120. The van der Waals surface area contributed by atoms with Crippen molar-refractivity contribution in [1.29, 1.82) is 0 Å². The Hall–Kier alpha value is -2.31. The Labute approximate surface area is 172 Å². The van der Waals surface area contributed by atoms with E-state index in [1.54, 1.807) is 0 Å². The molecule has 5 rings (SSSR count). The van der Waals surface area contributed by atoms with Crippen LogP contribution in [0.4, 0.5) is 5.69 Å². The third-order valence-corrected chi connectivity index (χ3v) is 7.58. The molecule has 1 saturated heterocycles. The maximum atomic E-state index is 12.3. The first-order chi connectivity index (χ1) is 14.1. The van der Waals surface area contributed by atoms with E-state index < -0.39 is 10.0 Å². The number of benzene rings is 2. The molecule has 0 amide bonds. The lowest BCUT2D eigenvalue weighted by atomic mass is 9.98. The highest BCUT2D eigenvalue weighted by Gasteiger charge is 2.28. The number of para-hydroxylation sites is 1. The van der Waals surface area contributed by atoms with Crippen LogP contribution in [0, 0.1) is 5.92 Å². The van der Waals surface area contributed by atoms with Gasteiger partial charge in [0.05, 0.1) is 5.75 Å². The lowest BCUT2D eigenvalue weighted by Crippen LogP contribution is -2.20. The standard InChI is InChI=1S/C23H27N3O2S/c27-29(28,16-17-8-9-17)25-21-5-3-4-18(12-21)19-10-11-26(14-19)15-20-13-24-23-7-2-1-6-22(20)23/h1-7,12-13,17,19,24-25H,8-11,14-16H2. The first kappa shape index (κ1) is 18.7. The van der Waals surface area contributed by atoms with E-state index in [1.807, 2.05) is 18.2 Å². The van der Waals surface area contributed by atoms with Gasteiger partial charge in [0.2, 0.25) is 10.0 Å². The van der Waals surface area contributed by atoms with Gasteiger partial charge in [0.1, 0.15) is 0 Å². The summed E-state index contributed by atoms with van der Waals surface area (Å²) < 4.78 is 27.4. The van der Waals surface area contributed by atoms with Crippen LogP contribution in [0.15, 0.2) is 54.7 Å². The fourth-order valence-corrected chi connectivity index (χ4v) is 5.95. The molecule has 1 aliphatic heterocycles. The Morgan fingerprint density at radius 3 is 2.79 bits per heavy atom. The van der Waals surface area contributed by atoms with Crippen molar-refractivity contribution in [3.63, 3.8) is 0 Å². The van der Waals surface area contributed by atoms with Gasteiger partial charge in [-0.25, -0.2) is 8.42 Å². The monoisotopic (exact) mass is 409 g/mol. The Morgan fingerprint density at radius 1 is 1.07 bits per heavy atom. The number of anilines is 1. The number of rotatable bonds is 7. The van der Waals surface area contributed by atoms with Crippen LogP contribution in [0.2, 0.25) is 0 Å². The SMILES string of the molecule is O=S(=O)(CC1CC1)Nc1cccc(C2CCN(Cc3c[nH]c4ccccc34)C2)c1. The summed E-state index contributed by atoms with van der Waals surface area (Å²) in [6.45, 7) is 2.99. The predicted octanol–water partition coefficient (Wildman–Crippen LogP) is 4.31. The largest absolute Gasteiger partial charge is 0.361 e. The first-order valence-corrected chi connectivity index (χ1v) is 12.1. The van der Waals surface area contributed by atoms with E-state index in [-0.39, 0.29) is 5.75 Å². The molecule has 2 aromatic carbocycles. The molecule has 152 valence electrons. The summed E-state index contributed by atoms with van der Waals surface area (Å²) in [6.07, 6.45) is 5.29. The summed E-state index contributed by atoms with van der Waals surface area (Å²) >= 11 is 0. The van der Waals surface area contributed by atoms with E-state index in [0.29, 0.717) is 17.5 Å². The van der Waals surface area contributed by atoms with Gasteiger partial charge in [0.25, 0.3) is 0 Å². The van der Waals surface area contributed by atoms with Crippen LogP contribution in [-0.2, 0) is 16.6 Å². The molecule has 1 atom stereocenters. The molecular formula is C23H27N3O2S. The van der Waals surface area contributed by atoms with Crippen LogP contribution < -0.4 is 4.72 Å². The van der Waals surface area contributed by atoms with Crippen LogP contribution in [-0.4, -0.2) is 37.1 Å². The number of likely N-dealkylation sites (tertiary alicyclic amines) is 1. The number of hydrogen-bond acceptors (Lipinski definition) is 3. The highest BCUT2D eigenvalue weighted by molar-refractivity contribution is 7.92. The van der Waals surface area contributed by atoms with E-state index in [1.165, 1.54) is 22.0 Å². The molecule has 2 aliphatic rings. The minimum atomic E-state index is -3.24. The normalized spacial score (nSPS) is 20.3. The van der Waals surface area contributed by atoms with Crippen molar-refractivity contribution < 1.29 is 8.42 Å². The van der Waals surface area contributed by atoms with Crippen molar-refractivity contribution in [3.05, 3.63) is 65.9 Å². The zero-order chi connectivity index (χ0) is 19.8. The Balaban J connectivity index is 1.25. The van der Waals surface area contributed by atoms with Gasteiger partial charge in [0, 0.05) is 35.9 Å². The molecule has 1 unspecified atom stereocenters. The summed E-state index contributed by atoms with van der Waals surface area (Å²) in [5, 5.41) is 1.29. The number of nitrogens with zero attached hydrogens (tertiary/aromatic N) is 1. The molecule has 3 aromatic rings. The summed E-state index contributed by atoms with van der Waals surface area (Å²) in [5.41, 5.74) is 4.43. The topological polar surface area (TPSA) is 65.2 Å². The van der Waals surface area contributed by atoms with Crippen LogP contribution in [0.5, 0.6) is 0 Å². The number of sulfonamides is 1. The van der Waals surface area contributed by atoms with Crippen LogP contribution in [0.25, 0.3) is 10.9 Å². The minimum absolute atomic E-state index is 0.249. The molecule has 0 radical (unpaired) electrons.